The topological polar surface area (TPSA) is 46.6 Å². The lowest BCUT2D eigenvalue weighted by atomic mass is 9.96. The number of piperidine rings is 1. The highest BCUT2D eigenvalue weighted by Crippen LogP contribution is 2.21. The first-order valence-corrected chi connectivity index (χ1v) is 7.89. The van der Waals surface area contributed by atoms with Crippen LogP contribution in [-0.2, 0) is 9.53 Å². The predicted molar refractivity (Wildman–Crippen MR) is 78.9 cm³/mol. The molecule has 1 amide bonds. The molecule has 0 unspecified atom stereocenters. The summed E-state index contributed by atoms with van der Waals surface area (Å²) in [4.78, 5) is 26.8. The van der Waals surface area contributed by atoms with Crippen LogP contribution in [-0.4, -0.2) is 43.2 Å². The Balaban J connectivity index is 1.95. The quantitative estimate of drug-likeness (QED) is 0.634. The van der Waals surface area contributed by atoms with E-state index in [-0.39, 0.29) is 17.8 Å². The molecule has 0 spiro atoms. The van der Waals surface area contributed by atoms with Gasteiger partial charge >= 0.3 is 5.97 Å². The summed E-state index contributed by atoms with van der Waals surface area (Å²) in [7, 11) is 1.41. The van der Waals surface area contributed by atoms with E-state index in [0.29, 0.717) is 31.5 Å². The number of esters is 1. The van der Waals surface area contributed by atoms with Gasteiger partial charge in [0, 0.05) is 23.5 Å². The van der Waals surface area contributed by atoms with E-state index >= 15 is 0 Å². The molecule has 1 saturated heterocycles. The van der Waals surface area contributed by atoms with Gasteiger partial charge in [0.05, 0.1) is 13.0 Å². The molecule has 1 aliphatic heterocycles. The van der Waals surface area contributed by atoms with Gasteiger partial charge in [-0.05, 0) is 43.4 Å². The number of ether oxygens (including phenoxy) is 1. The average molecular weight is 293 g/mol. The van der Waals surface area contributed by atoms with Crippen molar-refractivity contribution in [3.05, 3.63) is 29.8 Å². The first-order chi connectivity index (χ1) is 9.65. The van der Waals surface area contributed by atoms with E-state index in [1.54, 1.807) is 11.8 Å². The number of likely N-dealkylation sites (tertiary alicyclic amines) is 1. The Morgan fingerprint density at radius 2 is 1.80 bits per heavy atom. The van der Waals surface area contributed by atoms with Crippen LogP contribution in [0, 0.1) is 5.92 Å². The molecule has 0 atom stereocenters. The summed E-state index contributed by atoms with van der Waals surface area (Å²) in [6.45, 7) is 1.23. The highest BCUT2D eigenvalue weighted by molar-refractivity contribution is 7.98. The number of carbonyl (C=O) groups is 2. The van der Waals surface area contributed by atoms with E-state index in [4.69, 9.17) is 4.74 Å². The van der Waals surface area contributed by atoms with Gasteiger partial charge in [0.1, 0.15) is 0 Å². The van der Waals surface area contributed by atoms with Gasteiger partial charge in [-0.25, -0.2) is 0 Å². The third-order valence-corrected chi connectivity index (χ3v) is 4.40. The summed E-state index contributed by atoms with van der Waals surface area (Å²) in [6.07, 6.45) is 3.37. The SMILES string of the molecule is COC(=O)C1CCN(C(=O)c2ccc(SC)cc2)CC1. The zero-order valence-electron chi connectivity index (χ0n) is 11.8. The Morgan fingerprint density at radius 1 is 1.20 bits per heavy atom. The minimum absolute atomic E-state index is 0.0426. The fourth-order valence-corrected chi connectivity index (χ4v) is 2.81. The van der Waals surface area contributed by atoms with Crippen LogP contribution in [0.4, 0.5) is 0 Å². The molecule has 0 aromatic heterocycles. The van der Waals surface area contributed by atoms with Gasteiger partial charge in [-0.2, -0.15) is 0 Å². The normalized spacial score (nSPS) is 16.0. The number of nitrogens with zero attached hydrogens (tertiary/aromatic N) is 1. The van der Waals surface area contributed by atoms with Crippen LogP contribution < -0.4 is 0 Å². The monoisotopic (exact) mass is 293 g/mol. The highest BCUT2D eigenvalue weighted by Gasteiger charge is 2.28. The largest absolute Gasteiger partial charge is 0.469 e. The maximum atomic E-state index is 12.3. The molecule has 20 heavy (non-hydrogen) atoms. The number of amides is 1. The van der Waals surface area contributed by atoms with Crippen molar-refractivity contribution in [1.29, 1.82) is 0 Å². The number of methoxy groups -OCH3 is 1. The van der Waals surface area contributed by atoms with Crippen molar-refractivity contribution < 1.29 is 14.3 Å². The molecule has 0 radical (unpaired) electrons. The van der Waals surface area contributed by atoms with Gasteiger partial charge in [-0.15, -0.1) is 11.8 Å². The van der Waals surface area contributed by atoms with Crippen LogP contribution in [0.15, 0.2) is 29.2 Å². The zero-order chi connectivity index (χ0) is 14.5. The third-order valence-electron chi connectivity index (χ3n) is 3.65. The fraction of sp³-hybridized carbons (Fsp3) is 0.467. The molecule has 0 aliphatic carbocycles. The summed E-state index contributed by atoms with van der Waals surface area (Å²) in [6, 6.07) is 7.64. The maximum absolute atomic E-state index is 12.3. The summed E-state index contributed by atoms with van der Waals surface area (Å²) in [5.74, 6) is -0.190. The Morgan fingerprint density at radius 3 is 2.30 bits per heavy atom. The second-order valence-electron chi connectivity index (χ2n) is 4.82. The van der Waals surface area contributed by atoms with Gasteiger partial charge in [0.2, 0.25) is 0 Å². The molecule has 0 bridgehead atoms. The Labute approximate surface area is 123 Å². The van der Waals surface area contributed by atoms with Crippen molar-refractivity contribution in [3.63, 3.8) is 0 Å². The molecule has 0 N–H and O–H groups in total. The number of thioether (sulfide) groups is 1. The molecule has 2 rings (SSSR count). The third kappa shape index (κ3) is 3.33. The molecule has 1 aromatic rings. The number of carbonyl (C=O) groups excluding carboxylic acids is 2. The van der Waals surface area contributed by atoms with Gasteiger partial charge in [0.15, 0.2) is 0 Å². The molecule has 1 aromatic carbocycles. The highest BCUT2D eigenvalue weighted by atomic mass is 32.2. The lowest BCUT2D eigenvalue weighted by molar-refractivity contribution is -0.146. The first-order valence-electron chi connectivity index (χ1n) is 6.67. The lowest BCUT2D eigenvalue weighted by Gasteiger charge is -2.30. The van der Waals surface area contributed by atoms with E-state index in [1.807, 2.05) is 35.4 Å². The van der Waals surface area contributed by atoms with Crippen LogP contribution in [0.5, 0.6) is 0 Å². The number of hydrogen-bond donors (Lipinski definition) is 0. The molecule has 108 valence electrons. The molecule has 4 nitrogen and oxygen atoms in total. The molecule has 5 heteroatoms. The van der Waals surface area contributed by atoms with Gasteiger partial charge in [0.25, 0.3) is 5.91 Å². The first kappa shape index (κ1) is 14.9. The molecule has 1 aliphatic rings. The average Bonchev–Trinajstić information content (AvgIpc) is 2.53. The standard InChI is InChI=1S/C15H19NO3S/c1-19-15(18)12-7-9-16(10-8-12)14(17)11-3-5-13(20-2)6-4-11/h3-6,12H,7-10H2,1-2H3. The van der Waals surface area contributed by atoms with E-state index in [1.165, 1.54) is 7.11 Å². The van der Waals surface area contributed by atoms with Crippen molar-refractivity contribution >= 4 is 23.6 Å². The summed E-state index contributed by atoms with van der Waals surface area (Å²) >= 11 is 1.65. The summed E-state index contributed by atoms with van der Waals surface area (Å²) in [5, 5.41) is 0. The zero-order valence-corrected chi connectivity index (χ0v) is 12.6. The molecular weight excluding hydrogens is 274 g/mol. The number of benzene rings is 1. The van der Waals surface area contributed by atoms with Crippen LogP contribution in [0.25, 0.3) is 0 Å². The van der Waals surface area contributed by atoms with Crippen LogP contribution in [0.1, 0.15) is 23.2 Å². The van der Waals surface area contributed by atoms with Gasteiger partial charge in [-0.1, -0.05) is 0 Å². The van der Waals surface area contributed by atoms with Crippen molar-refractivity contribution in [2.24, 2.45) is 5.92 Å². The smallest absolute Gasteiger partial charge is 0.308 e. The van der Waals surface area contributed by atoms with Crippen molar-refractivity contribution in [1.82, 2.24) is 4.90 Å². The Bertz CT molecular complexity index is 478. The summed E-state index contributed by atoms with van der Waals surface area (Å²) in [5.41, 5.74) is 0.708. The van der Waals surface area contributed by atoms with Crippen molar-refractivity contribution in [2.45, 2.75) is 17.7 Å². The van der Waals surface area contributed by atoms with E-state index in [9.17, 15) is 9.59 Å². The van der Waals surface area contributed by atoms with E-state index in [2.05, 4.69) is 0 Å². The molecule has 1 heterocycles. The van der Waals surface area contributed by atoms with Gasteiger partial charge in [-0.3, -0.25) is 9.59 Å². The molecule has 1 fully saturated rings. The minimum atomic E-state index is -0.165. The van der Waals surface area contributed by atoms with Crippen molar-refractivity contribution in [3.8, 4) is 0 Å². The molecular formula is C15H19NO3S. The fourth-order valence-electron chi connectivity index (χ4n) is 2.40. The molecule has 0 saturated carbocycles. The second-order valence-corrected chi connectivity index (χ2v) is 5.70. The number of rotatable bonds is 3. The minimum Gasteiger partial charge on any atom is -0.469 e. The summed E-state index contributed by atoms with van der Waals surface area (Å²) < 4.78 is 4.75. The maximum Gasteiger partial charge on any atom is 0.308 e. The van der Waals surface area contributed by atoms with E-state index < -0.39 is 0 Å². The Kier molecular flexibility index (Phi) is 5.06. The number of hydrogen-bond acceptors (Lipinski definition) is 4. The van der Waals surface area contributed by atoms with Crippen LogP contribution in [0.2, 0.25) is 0 Å². The van der Waals surface area contributed by atoms with Crippen LogP contribution >= 0.6 is 11.8 Å². The predicted octanol–water partition coefficient (Wildman–Crippen LogP) is 2.43. The lowest BCUT2D eigenvalue weighted by Crippen LogP contribution is -2.40. The van der Waals surface area contributed by atoms with E-state index in [0.717, 1.165) is 4.90 Å². The Hall–Kier alpha value is -1.49. The van der Waals surface area contributed by atoms with Crippen molar-refractivity contribution in [2.75, 3.05) is 26.5 Å². The second kappa shape index (κ2) is 6.79. The van der Waals surface area contributed by atoms with Gasteiger partial charge < -0.3 is 9.64 Å². The van der Waals surface area contributed by atoms with Crippen LogP contribution in [0.3, 0.4) is 0 Å².